The number of rotatable bonds is 7. The van der Waals surface area contributed by atoms with Crippen LogP contribution >= 0.6 is 23.1 Å². The maximum absolute atomic E-state index is 12.4. The molecule has 0 atom stereocenters. The highest BCUT2D eigenvalue weighted by molar-refractivity contribution is 8.01. The van der Waals surface area contributed by atoms with Gasteiger partial charge in [0.05, 0.1) is 0 Å². The lowest BCUT2D eigenvalue weighted by Gasteiger charge is -2.25. The van der Waals surface area contributed by atoms with Crippen molar-refractivity contribution in [1.82, 2.24) is 20.3 Å². The molecule has 7 nitrogen and oxygen atoms in total. The highest BCUT2D eigenvalue weighted by Crippen LogP contribution is 2.26. The summed E-state index contributed by atoms with van der Waals surface area (Å²) in [6, 6.07) is 11.2. The first-order valence-corrected chi connectivity index (χ1v) is 11.1. The van der Waals surface area contributed by atoms with E-state index in [2.05, 4.69) is 25.6 Å². The summed E-state index contributed by atoms with van der Waals surface area (Å²) in [5.74, 6) is 1.18. The first kappa shape index (κ1) is 19.1. The van der Waals surface area contributed by atoms with Crippen LogP contribution in [0.3, 0.4) is 0 Å². The SMILES string of the molecule is O=C(Nc1nnc(SCCN2CCCCC2)s1)c1cc(-c2ccccc2)on1. The van der Waals surface area contributed by atoms with Gasteiger partial charge in [-0.15, -0.1) is 10.2 Å². The Bertz CT molecular complexity index is 906. The highest BCUT2D eigenvalue weighted by Gasteiger charge is 2.16. The van der Waals surface area contributed by atoms with Crippen LogP contribution in [-0.2, 0) is 0 Å². The lowest BCUT2D eigenvalue weighted by molar-refractivity contribution is 0.101. The van der Waals surface area contributed by atoms with E-state index in [1.165, 1.54) is 43.7 Å². The molecule has 0 spiro atoms. The average molecular weight is 416 g/mol. The van der Waals surface area contributed by atoms with Crippen molar-refractivity contribution in [3.8, 4) is 11.3 Å². The Morgan fingerprint density at radius 2 is 2.00 bits per heavy atom. The largest absolute Gasteiger partial charge is 0.355 e. The molecule has 146 valence electrons. The van der Waals surface area contributed by atoms with Crippen LogP contribution in [-0.4, -0.2) is 51.5 Å². The molecule has 4 rings (SSSR count). The molecule has 1 aromatic carbocycles. The molecule has 1 aliphatic heterocycles. The number of aromatic nitrogens is 3. The third-order valence-electron chi connectivity index (χ3n) is 4.51. The maximum atomic E-state index is 12.4. The van der Waals surface area contributed by atoms with E-state index in [0.29, 0.717) is 10.9 Å². The Morgan fingerprint density at radius 1 is 1.18 bits per heavy atom. The first-order valence-electron chi connectivity index (χ1n) is 9.30. The fourth-order valence-corrected chi connectivity index (χ4v) is 4.86. The summed E-state index contributed by atoms with van der Waals surface area (Å²) in [6.45, 7) is 3.45. The molecule has 3 heterocycles. The van der Waals surface area contributed by atoms with Crippen molar-refractivity contribution >= 4 is 34.1 Å². The summed E-state index contributed by atoms with van der Waals surface area (Å²) in [6.07, 6.45) is 3.95. The third-order valence-corrected chi connectivity index (χ3v) is 6.46. The van der Waals surface area contributed by atoms with Gasteiger partial charge in [-0.25, -0.2) is 0 Å². The summed E-state index contributed by atoms with van der Waals surface area (Å²) < 4.78 is 6.13. The predicted molar refractivity (Wildman–Crippen MR) is 111 cm³/mol. The van der Waals surface area contributed by atoms with Gasteiger partial charge in [0.15, 0.2) is 15.8 Å². The van der Waals surface area contributed by atoms with Gasteiger partial charge in [-0.2, -0.15) is 0 Å². The summed E-state index contributed by atoms with van der Waals surface area (Å²) in [7, 11) is 0. The van der Waals surface area contributed by atoms with Gasteiger partial charge in [0, 0.05) is 23.9 Å². The smallest absolute Gasteiger partial charge is 0.279 e. The van der Waals surface area contributed by atoms with Gasteiger partial charge < -0.3 is 9.42 Å². The number of carbonyl (C=O) groups excluding carboxylic acids is 1. The van der Waals surface area contributed by atoms with E-state index in [1.54, 1.807) is 17.8 Å². The van der Waals surface area contributed by atoms with Gasteiger partial charge >= 0.3 is 0 Å². The number of nitrogens with zero attached hydrogens (tertiary/aromatic N) is 4. The lowest BCUT2D eigenvalue weighted by Crippen LogP contribution is -2.31. The first-order chi connectivity index (χ1) is 13.8. The Kier molecular flexibility index (Phi) is 6.35. The van der Waals surface area contributed by atoms with Crippen molar-refractivity contribution < 1.29 is 9.32 Å². The molecular weight excluding hydrogens is 394 g/mol. The van der Waals surface area contributed by atoms with Crippen LogP contribution in [0.4, 0.5) is 5.13 Å². The molecule has 1 fully saturated rings. The fraction of sp³-hybridized carbons (Fsp3) is 0.368. The molecule has 0 aliphatic carbocycles. The molecule has 0 bridgehead atoms. The minimum absolute atomic E-state index is 0.216. The standard InChI is InChI=1S/C19H21N5O2S2/c25-17(15-13-16(26-23-15)14-7-3-1-4-8-14)20-18-21-22-19(28-18)27-12-11-24-9-5-2-6-10-24/h1,3-4,7-8,13H,2,5-6,9-12H2,(H,20,21,25). The number of benzene rings is 1. The summed E-state index contributed by atoms with van der Waals surface area (Å²) in [5, 5.41) is 15.3. The monoisotopic (exact) mass is 415 g/mol. The maximum Gasteiger partial charge on any atom is 0.279 e. The molecule has 1 aliphatic rings. The molecule has 0 radical (unpaired) electrons. The Balaban J connectivity index is 1.28. The van der Waals surface area contributed by atoms with Crippen molar-refractivity contribution in [1.29, 1.82) is 0 Å². The van der Waals surface area contributed by atoms with Crippen molar-refractivity contribution in [2.24, 2.45) is 0 Å². The van der Waals surface area contributed by atoms with Gasteiger partial charge in [-0.05, 0) is 25.9 Å². The van der Waals surface area contributed by atoms with Crippen LogP contribution in [0.5, 0.6) is 0 Å². The predicted octanol–water partition coefficient (Wildman–Crippen LogP) is 4.02. The van der Waals surface area contributed by atoms with E-state index < -0.39 is 0 Å². The molecule has 1 saturated heterocycles. The van der Waals surface area contributed by atoms with Gasteiger partial charge in [0.1, 0.15) is 0 Å². The Morgan fingerprint density at radius 3 is 2.82 bits per heavy atom. The zero-order valence-corrected chi connectivity index (χ0v) is 17.0. The van der Waals surface area contributed by atoms with Crippen molar-refractivity contribution in [3.63, 3.8) is 0 Å². The second-order valence-corrected chi connectivity index (χ2v) is 8.84. The van der Waals surface area contributed by atoms with Crippen molar-refractivity contribution in [2.75, 3.05) is 30.7 Å². The molecule has 0 saturated carbocycles. The molecule has 3 aromatic rings. The minimum atomic E-state index is -0.355. The topological polar surface area (TPSA) is 84.2 Å². The van der Waals surface area contributed by atoms with Gasteiger partial charge in [0.2, 0.25) is 5.13 Å². The highest BCUT2D eigenvalue weighted by atomic mass is 32.2. The third kappa shape index (κ3) is 4.98. The van der Waals surface area contributed by atoms with E-state index in [-0.39, 0.29) is 11.6 Å². The Hall–Kier alpha value is -2.23. The lowest BCUT2D eigenvalue weighted by atomic mass is 10.1. The quantitative estimate of drug-likeness (QED) is 0.461. The normalized spacial score (nSPS) is 14.9. The van der Waals surface area contributed by atoms with Crippen LogP contribution in [0.2, 0.25) is 0 Å². The van der Waals surface area contributed by atoms with Crippen molar-refractivity contribution in [3.05, 3.63) is 42.1 Å². The fourth-order valence-electron chi connectivity index (χ4n) is 3.05. The number of carbonyl (C=O) groups is 1. The number of hydrogen-bond acceptors (Lipinski definition) is 8. The van der Waals surface area contributed by atoms with E-state index in [9.17, 15) is 4.79 Å². The molecule has 1 amide bonds. The van der Waals surface area contributed by atoms with Crippen LogP contribution in [0.1, 0.15) is 29.8 Å². The minimum Gasteiger partial charge on any atom is -0.355 e. The zero-order chi connectivity index (χ0) is 19.2. The number of amides is 1. The molecule has 1 N–H and O–H groups in total. The molecule has 2 aromatic heterocycles. The summed E-state index contributed by atoms with van der Waals surface area (Å²) in [5.41, 5.74) is 1.09. The van der Waals surface area contributed by atoms with Crippen LogP contribution in [0.15, 0.2) is 45.3 Å². The van der Waals surface area contributed by atoms with Crippen molar-refractivity contribution in [2.45, 2.75) is 23.6 Å². The summed E-state index contributed by atoms with van der Waals surface area (Å²) >= 11 is 3.05. The number of anilines is 1. The van der Waals surface area contributed by atoms with Gasteiger partial charge in [-0.3, -0.25) is 10.1 Å². The second kappa shape index (κ2) is 9.31. The molecule has 0 unspecified atom stereocenters. The number of thioether (sulfide) groups is 1. The zero-order valence-electron chi connectivity index (χ0n) is 15.3. The van der Waals surface area contributed by atoms with E-state index >= 15 is 0 Å². The number of nitrogens with one attached hydrogen (secondary N) is 1. The van der Waals surface area contributed by atoms with Gasteiger partial charge in [0.25, 0.3) is 5.91 Å². The molecule has 28 heavy (non-hydrogen) atoms. The Labute approximate surface area is 171 Å². The van der Waals surface area contributed by atoms with E-state index in [0.717, 1.165) is 22.2 Å². The second-order valence-electron chi connectivity index (χ2n) is 6.52. The van der Waals surface area contributed by atoms with Gasteiger partial charge in [-0.1, -0.05) is 65.0 Å². The molecule has 9 heteroatoms. The van der Waals surface area contributed by atoms with E-state index in [4.69, 9.17) is 4.52 Å². The van der Waals surface area contributed by atoms with Crippen LogP contribution in [0, 0.1) is 0 Å². The number of hydrogen-bond donors (Lipinski definition) is 1. The molecular formula is C19H21N5O2S2. The number of likely N-dealkylation sites (tertiary alicyclic amines) is 1. The van der Waals surface area contributed by atoms with Crippen LogP contribution < -0.4 is 5.32 Å². The summed E-state index contributed by atoms with van der Waals surface area (Å²) in [4.78, 5) is 14.9. The number of piperidine rings is 1. The average Bonchev–Trinajstić information content (AvgIpc) is 3.39. The van der Waals surface area contributed by atoms with E-state index in [1.807, 2.05) is 30.3 Å². The van der Waals surface area contributed by atoms with Crippen LogP contribution in [0.25, 0.3) is 11.3 Å².